The van der Waals surface area contributed by atoms with E-state index in [2.05, 4.69) is 20.8 Å². The maximum atomic E-state index is 12.5. The maximum absolute atomic E-state index is 12.5. The molecular weight excluding hydrogens is 228 g/mol. The molecule has 1 aliphatic rings. The van der Waals surface area contributed by atoms with Crippen molar-refractivity contribution in [3.63, 3.8) is 0 Å². The third kappa shape index (κ3) is 3.95. The van der Waals surface area contributed by atoms with Crippen LogP contribution in [-0.4, -0.2) is 42.1 Å². The Morgan fingerprint density at radius 3 is 2.67 bits per heavy atom. The summed E-state index contributed by atoms with van der Waals surface area (Å²) in [6.07, 6.45) is 4.70. The van der Waals surface area contributed by atoms with Gasteiger partial charge in [0.25, 0.3) is 5.91 Å². The van der Waals surface area contributed by atoms with Gasteiger partial charge in [-0.15, -0.1) is 0 Å². The van der Waals surface area contributed by atoms with Gasteiger partial charge in [-0.1, -0.05) is 20.3 Å². The predicted molar refractivity (Wildman–Crippen MR) is 73.3 cm³/mol. The standard InChI is InChI=1S/C14H28N2O2/c1-4-6-9-16(11(3)5-2)14(17)13-8-7-12(10-15)18-13/h11-13H,4-10,15H2,1-3H3. The fourth-order valence-corrected chi connectivity index (χ4v) is 2.34. The molecule has 1 rings (SSSR count). The van der Waals surface area contributed by atoms with Crippen LogP contribution in [0.4, 0.5) is 0 Å². The molecule has 0 aliphatic carbocycles. The van der Waals surface area contributed by atoms with Crippen LogP contribution in [0, 0.1) is 0 Å². The van der Waals surface area contributed by atoms with Crippen molar-refractivity contribution in [2.45, 2.75) is 71.1 Å². The number of nitrogens with two attached hydrogens (primary N) is 1. The first-order valence-corrected chi connectivity index (χ1v) is 7.30. The van der Waals surface area contributed by atoms with Crippen molar-refractivity contribution >= 4 is 5.91 Å². The first-order chi connectivity index (χ1) is 8.63. The number of amides is 1. The summed E-state index contributed by atoms with van der Waals surface area (Å²) in [4.78, 5) is 14.5. The molecule has 4 heteroatoms. The summed E-state index contributed by atoms with van der Waals surface area (Å²) < 4.78 is 5.71. The van der Waals surface area contributed by atoms with Gasteiger partial charge in [-0.05, 0) is 32.6 Å². The molecule has 0 aromatic rings. The second-order valence-corrected chi connectivity index (χ2v) is 5.20. The summed E-state index contributed by atoms with van der Waals surface area (Å²) in [6.45, 7) is 7.74. The van der Waals surface area contributed by atoms with E-state index in [-0.39, 0.29) is 18.1 Å². The molecule has 1 aliphatic heterocycles. The third-order valence-corrected chi connectivity index (χ3v) is 3.80. The largest absolute Gasteiger partial charge is 0.364 e. The van der Waals surface area contributed by atoms with Gasteiger partial charge in [0, 0.05) is 19.1 Å². The first-order valence-electron chi connectivity index (χ1n) is 7.30. The SMILES string of the molecule is CCCCN(C(=O)C1CCC(CN)O1)C(C)CC. The van der Waals surface area contributed by atoms with E-state index < -0.39 is 0 Å². The quantitative estimate of drug-likeness (QED) is 0.757. The Hall–Kier alpha value is -0.610. The molecule has 1 saturated heterocycles. The average molecular weight is 256 g/mol. The van der Waals surface area contributed by atoms with Crippen LogP contribution in [0.1, 0.15) is 52.9 Å². The minimum absolute atomic E-state index is 0.0731. The van der Waals surface area contributed by atoms with E-state index in [1.807, 2.05) is 4.90 Å². The lowest BCUT2D eigenvalue weighted by Crippen LogP contribution is -2.45. The smallest absolute Gasteiger partial charge is 0.251 e. The van der Waals surface area contributed by atoms with Crippen LogP contribution in [0.25, 0.3) is 0 Å². The molecular formula is C14H28N2O2. The first kappa shape index (κ1) is 15.4. The Kier molecular flexibility index (Phi) is 6.65. The van der Waals surface area contributed by atoms with E-state index in [0.717, 1.165) is 38.6 Å². The van der Waals surface area contributed by atoms with Crippen molar-refractivity contribution < 1.29 is 9.53 Å². The fourth-order valence-electron chi connectivity index (χ4n) is 2.34. The minimum atomic E-state index is -0.260. The lowest BCUT2D eigenvalue weighted by atomic mass is 10.1. The Morgan fingerprint density at radius 1 is 1.44 bits per heavy atom. The van der Waals surface area contributed by atoms with Gasteiger partial charge in [0.2, 0.25) is 0 Å². The van der Waals surface area contributed by atoms with E-state index in [1.165, 1.54) is 0 Å². The van der Waals surface area contributed by atoms with Gasteiger partial charge in [-0.2, -0.15) is 0 Å². The number of hydrogen-bond donors (Lipinski definition) is 1. The van der Waals surface area contributed by atoms with Gasteiger partial charge in [0.15, 0.2) is 0 Å². The Morgan fingerprint density at radius 2 is 2.17 bits per heavy atom. The molecule has 0 bridgehead atoms. The summed E-state index contributed by atoms with van der Waals surface area (Å²) in [6, 6.07) is 0.296. The van der Waals surface area contributed by atoms with Gasteiger partial charge in [0.05, 0.1) is 6.10 Å². The van der Waals surface area contributed by atoms with Crippen LogP contribution in [0.2, 0.25) is 0 Å². The van der Waals surface area contributed by atoms with E-state index in [9.17, 15) is 4.79 Å². The zero-order chi connectivity index (χ0) is 13.5. The van der Waals surface area contributed by atoms with Crippen LogP contribution in [0.15, 0.2) is 0 Å². The van der Waals surface area contributed by atoms with E-state index >= 15 is 0 Å². The Bertz CT molecular complexity index is 258. The number of carbonyl (C=O) groups is 1. The summed E-state index contributed by atoms with van der Waals surface area (Å²) in [5.74, 6) is 0.161. The van der Waals surface area contributed by atoms with Crippen LogP contribution < -0.4 is 5.73 Å². The van der Waals surface area contributed by atoms with Crippen molar-refractivity contribution in [1.29, 1.82) is 0 Å². The molecule has 1 amide bonds. The molecule has 18 heavy (non-hydrogen) atoms. The predicted octanol–water partition coefficient (Wildman–Crippen LogP) is 1.92. The number of hydrogen-bond acceptors (Lipinski definition) is 3. The molecule has 0 aromatic carbocycles. The van der Waals surface area contributed by atoms with Crippen LogP contribution >= 0.6 is 0 Å². The number of carbonyl (C=O) groups excluding carboxylic acids is 1. The van der Waals surface area contributed by atoms with Crippen molar-refractivity contribution in [2.75, 3.05) is 13.1 Å². The highest BCUT2D eigenvalue weighted by Gasteiger charge is 2.33. The highest BCUT2D eigenvalue weighted by Crippen LogP contribution is 2.22. The summed E-state index contributed by atoms with van der Waals surface area (Å²) in [5, 5.41) is 0. The zero-order valence-electron chi connectivity index (χ0n) is 12.0. The maximum Gasteiger partial charge on any atom is 0.251 e. The van der Waals surface area contributed by atoms with Gasteiger partial charge in [0.1, 0.15) is 6.10 Å². The van der Waals surface area contributed by atoms with Gasteiger partial charge in [-0.3, -0.25) is 4.79 Å². The van der Waals surface area contributed by atoms with Crippen molar-refractivity contribution in [3.05, 3.63) is 0 Å². The van der Waals surface area contributed by atoms with Crippen molar-refractivity contribution in [1.82, 2.24) is 4.90 Å². The van der Waals surface area contributed by atoms with Crippen LogP contribution in [0.3, 0.4) is 0 Å². The topological polar surface area (TPSA) is 55.6 Å². The number of ether oxygens (including phenoxy) is 1. The third-order valence-electron chi connectivity index (χ3n) is 3.80. The lowest BCUT2D eigenvalue weighted by Gasteiger charge is -2.30. The Balaban J connectivity index is 2.58. The monoisotopic (exact) mass is 256 g/mol. The number of unbranched alkanes of at least 4 members (excludes halogenated alkanes) is 1. The molecule has 3 unspecified atom stereocenters. The molecule has 0 radical (unpaired) electrons. The van der Waals surface area contributed by atoms with Crippen LogP contribution in [-0.2, 0) is 9.53 Å². The van der Waals surface area contributed by atoms with Crippen molar-refractivity contribution in [2.24, 2.45) is 5.73 Å². The molecule has 1 fully saturated rings. The molecule has 3 atom stereocenters. The highest BCUT2D eigenvalue weighted by molar-refractivity contribution is 5.81. The minimum Gasteiger partial charge on any atom is -0.364 e. The lowest BCUT2D eigenvalue weighted by molar-refractivity contribution is -0.145. The van der Waals surface area contributed by atoms with Gasteiger partial charge < -0.3 is 15.4 Å². The van der Waals surface area contributed by atoms with Crippen molar-refractivity contribution in [3.8, 4) is 0 Å². The molecule has 2 N–H and O–H groups in total. The summed E-state index contributed by atoms with van der Waals surface area (Å²) in [7, 11) is 0. The molecule has 0 aromatic heterocycles. The normalized spacial score (nSPS) is 25.1. The molecule has 0 spiro atoms. The number of nitrogens with zero attached hydrogens (tertiary/aromatic N) is 1. The van der Waals surface area contributed by atoms with E-state index in [1.54, 1.807) is 0 Å². The van der Waals surface area contributed by atoms with Gasteiger partial charge >= 0.3 is 0 Å². The molecule has 0 saturated carbocycles. The molecule has 4 nitrogen and oxygen atoms in total. The second kappa shape index (κ2) is 7.74. The van der Waals surface area contributed by atoms with Gasteiger partial charge in [-0.25, -0.2) is 0 Å². The second-order valence-electron chi connectivity index (χ2n) is 5.20. The van der Waals surface area contributed by atoms with E-state index in [4.69, 9.17) is 10.5 Å². The van der Waals surface area contributed by atoms with E-state index in [0.29, 0.717) is 12.6 Å². The molecule has 106 valence electrons. The summed E-state index contributed by atoms with van der Waals surface area (Å²) >= 11 is 0. The number of rotatable bonds is 7. The fraction of sp³-hybridized carbons (Fsp3) is 0.929. The average Bonchev–Trinajstić information content (AvgIpc) is 2.87. The molecule has 1 heterocycles. The van der Waals surface area contributed by atoms with Crippen LogP contribution in [0.5, 0.6) is 0 Å². The summed E-state index contributed by atoms with van der Waals surface area (Å²) in [5.41, 5.74) is 5.59. The Labute approximate surface area is 111 Å². The zero-order valence-corrected chi connectivity index (χ0v) is 12.0. The highest BCUT2D eigenvalue weighted by atomic mass is 16.5.